The van der Waals surface area contributed by atoms with Crippen molar-refractivity contribution in [2.24, 2.45) is 0 Å². The molecular weight excluding hydrogens is 284 g/mol. The molecule has 3 rings (SSSR count). The minimum absolute atomic E-state index is 0.765. The monoisotopic (exact) mass is 308 g/mol. The fourth-order valence-electron chi connectivity index (χ4n) is 2.90. The molecule has 0 spiro atoms. The third-order valence-electron chi connectivity index (χ3n) is 4.04. The first-order valence-corrected chi connectivity index (χ1v) is 8.07. The van der Waals surface area contributed by atoms with Gasteiger partial charge in [-0.2, -0.15) is 0 Å². The Hall–Kier alpha value is -2.33. The summed E-state index contributed by atoms with van der Waals surface area (Å²) in [5, 5.41) is 0. The number of hydrogen-bond donors (Lipinski definition) is 1. The molecule has 4 heteroatoms. The fourth-order valence-corrected chi connectivity index (χ4v) is 2.90. The van der Waals surface area contributed by atoms with E-state index in [9.17, 15) is 0 Å². The van der Waals surface area contributed by atoms with Crippen LogP contribution in [0.1, 0.15) is 17.8 Å². The predicted octanol–water partition coefficient (Wildman–Crippen LogP) is 3.16. The third-order valence-corrected chi connectivity index (χ3v) is 4.04. The van der Waals surface area contributed by atoms with E-state index in [4.69, 9.17) is 10.7 Å². The van der Waals surface area contributed by atoms with Crippen LogP contribution in [0.3, 0.4) is 0 Å². The fraction of sp³-hybridized carbons (Fsp3) is 0.316. The Labute approximate surface area is 137 Å². The Balaban J connectivity index is 1.94. The lowest BCUT2D eigenvalue weighted by Gasteiger charge is -2.12. The Morgan fingerprint density at radius 3 is 2.61 bits per heavy atom. The molecule has 0 radical (unpaired) electrons. The van der Waals surface area contributed by atoms with Crippen molar-refractivity contribution < 1.29 is 0 Å². The summed E-state index contributed by atoms with van der Waals surface area (Å²) < 4.78 is 2.34. The van der Waals surface area contributed by atoms with Crippen LogP contribution in [0.15, 0.2) is 48.5 Å². The first kappa shape index (κ1) is 15.6. The number of rotatable bonds is 6. The summed E-state index contributed by atoms with van der Waals surface area (Å²) in [6.45, 7) is 2.04. The number of hydrogen-bond acceptors (Lipinski definition) is 3. The number of fused-ring (bicyclic) bond motifs is 1. The van der Waals surface area contributed by atoms with E-state index in [-0.39, 0.29) is 0 Å². The average Bonchev–Trinajstić information content (AvgIpc) is 2.84. The van der Waals surface area contributed by atoms with Gasteiger partial charge in [-0.3, -0.25) is 0 Å². The molecule has 0 saturated carbocycles. The van der Waals surface area contributed by atoms with Crippen LogP contribution in [0, 0.1) is 0 Å². The highest BCUT2D eigenvalue weighted by Crippen LogP contribution is 2.21. The van der Waals surface area contributed by atoms with Crippen LogP contribution in [0.2, 0.25) is 0 Å². The second-order valence-electron chi connectivity index (χ2n) is 6.25. The van der Waals surface area contributed by atoms with Crippen LogP contribution in [-0.2, 0) is 13.0 Å². The van der Waals surface area contributed by atoms with Gasteiger partial charge in [0.15, 0.2) is 0 Å². The Morgan fingerprint density at radius 2 is 1.87 bits per heavy atom. The van der Waals surface area contributed by atoms with Crippen molar-refractivity contribution in [1.29, 1.82) is 0 Å². The van der Waals surface area contributed by atoms with E-state index in [0.29, 0.717) is 0 Å². The van der Waals surface area contributed by atoms with Crippen molar-refractivity contribution in [1.82, 2.24) is 14.5 Å². The second-order valence-corrected chi connectivity index (χ2v) is 6.25. The Kier molecular flexibility index (Phi) is 4.63. The van der Waals surface area contributed by atoms with E-state index in [2.05, 4.69) is 53.9 Å². The number of nitrogens with two attached hydrogens (primary N) is 1. The maximum Gasteiger partial charge on any atom is 0.114 e. The highest BCUT2D eigenvalue weighted by atomic mass is 15.1. The van der Waals surface area contributed by atoms with Gasteiger partial charge in [0.25, 0.3) is 0 Å². The van der Waals surface area contributed by atoms with Gasteiger partial charge >= 0.3 is 0 Å². The minimum Gasteiger partial charge on any atom is -0.399 e. The summed E-state index contributed by atoms with van der Waals surface area (Å²) in [5.41, 5.74) is 10.1. The molecule has 0 atom stereocenters. The van der Waals surface area contributed by atoms with Crippen molar-refractivity contribution in [3.05, 3.63) is 59.9 Å². The van der Waals surface area contributed by atoms with E-state index in [1.54, 1.807) is 0 Å². The van der Waals surface area contributed by atoms with Crippen LogP contribution < -0.4 is 5.73 Å². The molecule has 23 heavy (non-hydrogen) atoms. The lowest BCUT2D eigenvalue weighted by Crippen LogP contribution is -2.16. The summed E-state index contributed by atoms with van der Waals surface area (Å²) in [7, 11) is 4.22. The molecule has 0 aliphatic rings. The SMILES string of the molecule is CN(C)CCCn1c(Cc2ccccc2)nc2cc(N)ccc21. The number of benzene rings is 2. The van der Waals surface area contributed by atoms with Gasteiger partial charge < -0.3 is 15.2 Å². The van der Waals surface area contributed by atoms with Crippen molar-refractivity contribution in [2.75, 3.05) is 26.4 Å². The van der Waals surface area contributed by atoms with E-state index in [0.717, 1.165) is 43.0 Å². The van der Waals surface area contributed by atoms with E-state index < -0.39 is 0 Å². The van der Waals surface area contributed by atoms with Crippen molar-refractivity contribution >= 4 is 16.7 Å². The van der Waals surface area contributed by atoms with Gasteiger partial charge in [-0.05, 0) is 50.8 Å². The first-order valence-electron chi connectivity index (χ1n) is 8.07. The largest absolute Gasteiger partial charge is 0.399 e. The average molecular weight is 308 g/mol. The van der Waals surface area contributed by atoms with E-state index in [1.165, 1.54) is 11.1 Å². The summed E-state index contributed by atoms with van der Waals surface area (Å²) >= 11 is 0. The molecular formula is C19H24N4. The number of anilines is 1. The summed E-state index contributed by atoms with van der Waals surface area (Å²) in [4.78, 5) is 7.05. The van der Waals surface area contributed by atoms with E-state index >= 15 is 0 Å². The molecule has 0 fully saturated rings. The highest BCUT2D eigenvalue weighted by molar-refractivity contribution is 5.79. The molecule has 4 nitrogen and oxygen atoms in total. The molecule has 2 aromatic carbocycles. The van der Waals surface area contributed by atoms with Gasteiger partial charge in [0.05, 0.1) is 11.0 Å². The Bertz CT molecular complexity index is 775. The van der Waals surface area contributed by atoms with Crippen molar-refractivity contribution in [3.63, 3.8) is 0 Å². The molecule has 120 valence electrons. The van der Waals surface area contributed by atoms with Gasteiger partial charge in [-0.1, -0.05) is 30.3 Å². The molecule has 0 aliphatic heterocycles. The van der Waals surface area contributed by atoms with Crippen LogP contribution in [0.4, 0.5) is 5.69 Å². The summed E-state index contributed by atoms with van der Waals surface area (Å²) in [5.74, 6) is 1.11. The molecule has 1 heterocycles. The zero-order valence-corrected chi connectivity index (χ0v) is 13.9. The zero-order chi connectivity index (χ0) is 16.2. The molecule has 1 aromatic heterocycles. The minimum atomic E-state index is 0.765. The highest BCUT2D eigenvalue weighted by Gasteiger charge is 2.11. The maximum absolute atomic E-state index is 5.92. The van der Waals surface area contributed by atoms with Crippen LogP contribution >= 0.6 is 0 Å². The number of nitrogens with zero attached hydrogens (tertiary/aromatic N) is 3. The van der Waals surface area contributed by atoms with Gasteiger partial charge in [0, 0.05) is 18.7 Å². The molecule has 2 N–H and O–H groups in total. The van der Waals surface area contributed by atoms with Gasteiger partial charge in [0.2, 0.25) is 0 Å². The summed E-state index contributed by atoms with van der Waals surface area (Å²) in [6, 6.07) is 16.5. The molecule has 0 amide bonds. The van der Waals surface area contributed by atoms with Crippen molar-refractivity contribution in [3.8, 4) is 0 Å². The van der Waals surface area contributed by atoms with E-state index in [1.807, 2.05) is 18.2 Å². The number of aromatic nitrogens is 2. The smallest absolute Gasteiger partial charge is 0.114 e. The molecule has 0 saturated heterocycles. The zero-order valence-electron chi connectivity index (χ0n) is 13.9. The van der Waals surface area contributed by atoms with Crippen LogP contribution in [0.5, 0.6) is 0 Å². The number of nitrogen functional groups attached to an aromatic ring is 1. The third kappa shape index (κ3) is 3.71. The first-order chi connectivity index (χ1) is 11.1. The van der Waals surface area contributed by atoms with Crippen LogP contribution in [0.25, 0.3) is 11.0 Å². The molecule has 0 aliphatic carbocycles. The molecule has 0 bridgehead atoms. The quantitative estimate of drug-likeness (QED) is 0.712. The topological polar surface area (TPSA) is 47.1 Å². The molecule has 0 unspecified atom stereocenters. The number of aryl methyl sites for hydroxylation is 1. The van der Waals surface area contributed by atoms with Gasteiger partial charge in [-0.25, -0.2) is 4.98 Å². The maximum atomic E-state index is 5.92. The Morgan fingerprint density at radius 1 is 1.09 bits per heavy atom. The number of imidazole rings is 1. The second kappa shape index (κ2) is 6.84. The standard InChI is InChI=1S/C19H24N4/c1-22(2)11-6-12-23-18-10-9-16(20)14-17(18)21-19(23)13-15-7-4-3-5-8-15/h3-5,7-10,14H,6,11-13,20H2,1-2H3. The van der Waals surface area contributed by atoms with Crippen LogP contribution in [-0.4, -0.2) is 35.1 Å². The van der Waals surface area contributed by atoms with Gasteiger partial charge in [-0.15, -0.1) is 0 Å². The predicted molar refractivity (Wildman–Crippen MR) is 96.6 cm³/mol. The summed E-state index contributed by atoms with van der Waals surface area (Å²) in [6.07, 6.45) is 1.95. The van der Waals surface area contributed by atoms with Crippen molar-refractivity contribution in [2.45, 2.75) is 19.4 Å². The lowest BCUT2D eigenvalue weighted by molar-refractivity contribution is 0.386. The lowest BCUT2D eigenvalue weighted by atomic mass is 10.1. The molecule has 3 aromatic rings. The normalized spacial score (nSPS) is 11.4. The van der Waals surface area contributed by atoms with Gasteiger partial charge in [0.1, 0.15) is 5.82 Å².